The Balaban J connectivity index is 1.18. The summed E-state index contributed by atoms with van der Waals surface area (Å²) < 4.78 is 51.6. The highest BCUT2D eigenvalue weighted by Crippen LogP contribution is 2.39. The van der Waals surface area contributed by atoms with Crippen LogP contribution in [-0.4, -0.2) is 63.9 Å². The fourth-order valence-electron chi connectivity index (χ4n) is 5.57. The summed E-state index contributed by atoms with van der Waals surface area (Å²) in [4.78, 5) is 34.8. The summed E-state index contributed by atoms with van der Waals surface area (Å²) in [5.74, 6) is 0.721. The van der Waals surface area contributed by atoms with Crippen molar-refractivity contribution in [3.8, 4) is 17.4 Å². The Morgan fingerprint density at radius 1 is 1.17 bits per heavy atom. The van der Waals surface area contributed by atoms with Crippen LogP contribution in [0.25, 0.3) is 11.4 Å². The molecule has 0 spiro atoms. The van der Waals surface area contributed by atoms with Crippen LogP contribution in [0.5, 0.6) is 6.01 Å². The number of amides is 2. The van der Waals surface area contributed by atoms with E-state index in [1.807, 2.05) is 0 Å². The first-order valence-electron chi connectivity index (χ1n) is 14.0. The first-order chi connectivity index (χ1) is 20.1. The number of piperidine rings is 1. The van der Waals surface area contributed by atoms with Gasteiger partial charge in [-0.25, -0.2) is 24.7 Å². The lowest BCUT2D eigenvalue weighted by Crippen LogP contribution is -2.56. The number of urea groups is 1. The molecule has 2 amide bonds. The normalized spacial score (nSPS) is 21.5. The molecule has 0 radical (unpaired) electrons. The van der Waals surface area contributed by atoms with Crippen LogP contribution in [0.15, 0.2) is 42.9 Å². The van der Waals surface area contributed by atoms with Gasteiger partial charge in [-0.15, -0.1) is 0 Å². The Kier molecular flexibility index (Phi) is 7.37. The van der Waals surface area contributed by atoms with Crippen LogP contribution in [-0.2, 0) is 10.9 Å². The van der Waals surface area contributed by atoms with Gasteiger partial charge in [0.25, 0.3) is 0 Å². The molecule has 2 fully saturated rings. The Morgan fingerprint density at radius 2 is 1.98 bits per heavy atom. The van der Waals surface area contributed by atoms with E-state index in [2.05, 4.69) is 44.0 Å². The summed E-state index contributed by atoms with van der Waals surface area (Å²) >= 11 is 0. The maximum Gasteiger partial charge on any atom is 0.416 e. The highest BCUT2D eigenvalue weighted by atomic mass is 19.4. The second-order valence-electron chi connectivity index (χ2n) is 11.6. The van der Waals surface area contributed by atoms with Crippen molar-refractivity contribution in [3.63, 3.8) is 0 Å². The van der Waals surface area contributed by atoms with Gasteiger partial charge in [0.1, 0.15) is 0 Å². The summed E-state index contributed by atoms with van der Waals surface area (Å²) in [7, 11) is 0. The van der Waals surface area contributed by atoms with E-state index in [0.717, 1.165) is 44.4 Å². The number of rotatable bonds is 5. The number of carbonyl (C=O) groups excluding carboxylic acids is 1. The highest BCUT2D eigenvalue weighted by molar-refractivity contribution is 6.04. The summed E-state index contributed by atoms with van der Waals surface area (Å²) in [6.45, 7) is 6.61. The minimum absolute atomic E-state index is 0.107. The van der Waals surface area contributed by atoms with E-state index in [1.54, 1.807) is 11.1 Å². The second kappa shape index (κ2) is 11.0. The fourth-order valence-corrected chi connectivity index (χ4v) is 5.57. The molecule has 2 atom stereocenters. The zero-order valence-electron chi connectivity index (χ0n) is 23.4. The molecule has 5 heterocycles. The van der Waals surface area contributed by atoms with E-state index < -0.39 is 17.8 Å². The monoisotopic (exact) mass is 583 g/mol. The number of halogens is 3. The molecule has 1 unspecified atom stereocenters. The Morgan fingerprint density at radius 3 is 2.71 bits per heavy atom. The third-order valence-corrected chi connectivity index (χ3v) is 7.94. The first-order valence-corrected chi connectivity index (χ1v) is 14.0. The van der Waals surface area contributed by atoms with Gasteiger partial charge < -0.3 is 19.7 Å². The summed E-state index contributed by atoms with van der Waals surface area (Å²) in [6.07, 6.45) is 3.63. The van der Waals surface area contributed by atoms with Gasteiger partial charge in [-0.1, -0.05) is 12.1 Å². The van der Waals surface area contributed by atoms with Crippen molar-refractivity contribution in [2.24, 2.45) is 5.92 Å². The first kappa shape index (κ1) is 28.1. The van der Waals surface area contributed by atoms with Crippen LogP contribution in [0.1, 0.15) is 45.1 Å². The standard InChI is InChI=1S/C29H32F3N7O3/c1-28(2)9-8-18(17-42-28)16-41-26-34-12-21(13-35-26)36-27(40)39-22-7-4-10-38(15-22)23-14-33-24(37-25(23)39)19-5-3-6-20(11-19)29(30,31)32/h3,5-6,11-14,18,22H,4,7-10,15-17H2,1-2H3,(H,36,40)/t18-,22?/m0/s1. The van der Waals surface area contributed by atoms with Crippen molar-refractivity contribution in [2.45, 2.75) is 57.3 Å². The average molecular weight is 584 g/mol. The van der Waals surface area contributed by atoms with Crippen LogP contribution in [0.3, 0.4) is 0 Å². The lowest BCUT2D eigenvalue weighted by molar-refractivity contribution is -0.137. The Bertz CT molecular complexity index is 1440. The van der Waals surface area contributed by atoms with Gasteiger partial charge in [0.05, 0.1) is 60.4 Å². The molecular weight excluding hydrogens is 551 g/mol. The van der Waals surface area contributed by atoms with Gasteiger partial charge in [0.15, 0.2) is 11.6 Å². The van der Waals surface area contributed by atoms with E-state index in [9.17, 15) is 18.0 Å². The number of anilines is 3. The summed E-state index contributed by atoms with van der Waals surface area (Å²) in [5, 5.41) is 2.84. The number of nitrogens with one attached hydrogen (secondary N) is 1. The van der Waals surface area contributed by atoms with Gasteiger partial charge in [-0.2, -0.15) is 13.2 Å². The van der Waals surface area contributed by atoms with Crippen LogP contribution in [0, 0.1) is 5.92 Å². The molecule has 3 aromatic rings. The van der Waals surface area contributed by atoms with Crippen LogP contribution in [0.2, 0.25) is 0 Å². The van der Waals surface area contributed by atoms with Crippen molar-refractivity contribution >= 4 is 23.2 Å². The number of carbonyl (C=O) groups is 1. The van der Waals surface area contributed by atoms with Crippen molar-refractivity contribution in [3.05, 3.63) is 48.4 Å². The van der Waals surface area contributed by atoms with E-state index in [-0.39, 0.29) is 35.0 Å². The highest BCUT2D eigenvalue weighted by Gasteiger charge is 2.39. The number of hydrogen-bond acceptors (Lipinski definition) is 8. The number of benzene rings is 1. The van der Waals surface area contributed by atoms with Gasteiger partial charge in [-0.3, -0.25) is 4.90 Å². The third kappa shape index (κ3) is 5.96. The summed E-state index contributed by atoms with van der Waals surface area (Å²) in [6, 6.07) is 4.47. The Hall–Kier alpha value is -4.00. The number of ether oxygens (including phenoxy) is 2. The minimum atomic E-state index is -4.50. The molecule has 0 aliphatic carbocycles. The molecule has 13 heteroatoms. The van der Waals surface area contributed by atoms with E-state index in [0.29, 0.717) is 37.0 Å². The topological polar surface area (TPSA) is 106 Å². The third-order valence-electron chi connectivity index (χ3n) is 7.94. The van der Waals surface area contributed by atoms with E-state index in [4.69, 9.17) is 9.47 Å². The molecule has 6 rings (SSSR count). The zero-order valence-corrected chi connectivity index (χ0v) is 23.4. The van der Waals surface area contributed by atoms with Crippen LogP contribution >= 0.6 is 0 Å². The number of hydrogen-bond donors (Lipinski definition) is 1. The molecule has 1 N–H and O–H groups in total. The Labute approximate surface area is 241 Å². The summed E-state index contributed by atoms with van der Waals surface area (Å²) in [5.41, 5.74) is 0.351. The smallest absolute Gasteiger partial charge is 0.416 e. The molecular formula is C29H32F3N7O3. The van der Waals surface area contributed by atoms with Crippen molar-refractivity contribution in [2.75, 3.05) is 41.4 Å². The molecule has 42 heavy (non-hydrogen) atoms. The lowest BCUT2D eigenvalue weighted by atomic mass is 9.92. The quantitative estimate of drug-likeness (QED) is 0.417. The molecule has 3 aliphatic heterocycles. The van der Waals surface area contributed by atoms with E-state index >= 15 is 0 Å². The van der Waals surface area contributed by atoms with Crippen LogP contribution in [0.4, 0.5) is 35.2 Å². The van der Waals surface area contributed by atoms with Gasteiger partial charge in [0.2, 0.25) is 0 Å². The minimum Gasteiger partial charge on any atom is -0.463 e. The predicted molar refractivity (Wildman–Crippen MR) is 149 cm³/mol. The van der Waals surface area contributed by atoms with Gasteiger partial charge in [0, 0.05) is 24.6 Å². The maximum absolute atomic E-state index is 13.6. The zero-order chi connectivity index (χ0) is 29.5. The number of nitrogens with zero attached hydrogens (tertiary/aromatic N) is 6. The lowest BCUT2D eigenvalue weighted by Gasteiger charge is -2.45. The number of alkyl halides is 3. The molecule has 2 saturated heterocycles. The van der Waals surface area contributed by atoms with Gasteiger partial charge >= 0.3 is 18.2 Å². The van der Waals surface area contributed by atoms with Crippen molar-refractivity contribution < 1.29 is 27.4 Å². The number of fused-ring (bicyclic) bond motifs is 4. The predicted octanol–water partition coefficient (Wildman–Crippen LogP) is 5.56. The molecule has 222 valence electrons. The molecule has 2 bridgehead atoms. The maximum atomic E-state index is 13.6. The van der Waals surface area contributed by atoms with Crippen LogP contribution < -0.4 is 19.9 Å². The number of aromatic nitrogens is 4. The average Bonchev–Trinajstić information content (AvgIpc) is 2.97. The van der Waals surface area contributed by atoms with E-state index in [1.165, 1.54) is 24.5 Å². The molecule has 3 aliphatic rings. The largest absolute Gasteiger partial charge is 0.463 e. The van der Waals surface area contributed by atoms with Crippen molar-refractivity contribution in [1.82, 2.24) is 19.9 Å². The fraction of sp³-hybridized carbons (Fsp3) is 0.483. The van der Waals surface area contributed by atoms with Gasteiger partial charge in [-0.05, 0) is 51.7 Å². The van der Waals surface area contributed by atoms with Crippen molar-refractivity contribution in [1.29, 1.82) is 0 Å². The SMILES string of the molecule is CC1(C)CC[C@@H](COc2ncc(NC(=O)N3c4nc(-c5cccc(C(F)(F)F)c5)ncc4N4CCCC3C4)cn2)CO1. The molecule has 0 saturated carbocycles. The molecule has 1 aromatic carbocycles. The second-order valence-corrected chi connectivity index (χ2v) is 11.6. The molecule has 2 aromatic heterocycles. The molecule has 10 nitrogen and oxygen atoms in total.